The molecule has 6 nitrogen and oxygen atoms in total. The van der Waals surface area contributed by atoms with Crippen molar-refractivity contribution in [3.8, 4) is 17.2 Å². The zero-order valence-electron chi connectivity index (χ0n) is 15.7. The predicted molar refractivity (Wildman–Crippen MR) is 108 cm³/mol. The van der Waals surface area contributed by atoms with E-state index in [2.05, 4.69) is 4.98 Å². The first-order chi connectivity index (χ1) is 13.4. The summed E-state index contributed by atoms with van der Waals surface area (Å²) >= 11 is 1.47. The molecule has 1 fully saturated rings. The topological polar surface area (TPSA) is 82.9 Å². The van der Waals surface area contributed by atoms with Gasteiger partial charge in [0, 0.05) is 31.0 Å². The number of thiazole rings is 1. The van der Waals surface area contributed by atoms with Crippen molar-refractivity contribution in [3.63, 3.8) is 0 Å². The second-order valence-corrected chi connectivity index (χ2v) is 8.10. The molecule has 2 N–H and O–H groups in total. The summed E-state index contributed by atoms with van der Waals surface area (Å²) in [5.74, 6) is 1.08. The van der Waals surface area contributed by atoms with Crippen molar-refractivity contribution in [1.82, 2.24) is 9.88 Å². The molecule has 2 heterocycles. The molecule has 3 atom stereocenters. The lowest BCUT2D eigenvalue weighted by atomic mass is 10.0. The number of aromatic nitrogens is 1. The van der Waals surface area contributed by atoms with E-state index in [9.17, 15) is 15.0 Å². The van der Waals surface area contributed by atoms with Crippen LogP contribution in [0.2, 0.25) is 0 Å². The number of amides is 1. The van der Waals surface area contributed by atoms with Gasteiger partial charge in [-0.1, -0.05) is 12.1 Å². The minimum Gasteiger partial charge on any atom is -0.508 e. The minimum atomic E-state index is -0.187. The fourth-order valence-electron chi connectivity index (χ4n) is 3.69. The molecule has 7 heteroatoms. The van der Waals surface area contributed by atoms with Gasteiger partial charge in [-0.2, -0.15) is 0 Å². The molecule has 1 amide bonds. The summed E-state index contributed by atoms with van der Waals surface area (Å²) in [6.07, 6.45) is 0.238. The zero-order chi connectivity index (χ0) is 19.8. The largest absolute Gasteiger partial charge is 0.508 e. The summed E-state index contributed by atoms with van der Waals surface area (Å²) in [7, 11) is 0. The number of rotatable bonds is 5. The third-order valence-corrected chi connectivity index (χ3v) is 6.25. The van der Waals surface area contributed by atoms with Crippen molar-refractivity contribution in [2.24, 2.45) is 5.92 Å². The van der Waals surface area contributed by atoms with E-state index in [1.807, 2.05) is 30.9 Å². The Morgan fingerprint density at radius 2 is 1.93 bits per heavy atom. The molecule has 0 aliphatic carbocycles. The van der Waals surface area contributed by atoms with E-state index < -0.39 is 0 Å². The molecule has 1 saturated heterocycles. The van der Waals surface area contributed by atoms with Gasteiger partial charge in [-0.3, -0.25) is 4.79 Å². The SMILES string of the molecule is C[C@H](c1ccc(O)cc1)N1CC([C@@H](C)Oc2cc(O)cc3ncsc23)CC1=O. The molecule has 4 rings (SSSR count). The van der Waals surface area contributed by atoms with Gasteiger partial charge in [-0.25, -0.2) is 4.98 Å². The maximum atomic E-state index is 12.6. The van der Waals surface area contributed by atoms with Gasteiger partial charge in [0.25, 0.3) is 0 Å². The van der Waals surface area contributed by atoms with Crippen molar-refractivity contribution in [1.29, 1.82) is 0 Å². The highest BCUT2D eigenvalue weighted by Crippen LogP contribution is 2.36. The highest BCUT2D eigenvalue weighted by molar-refractivity contribution is 7.17. The number of phenolic OH excluding ortho intramolecular Hbond substituents is 2. The lowest BCUT2D eigenvalue weighted by Crippen LogP contribution is -2.31. The molecular weight excluding hydrogens is 376 g/mol. The molecule has 1 unspecified atom stereocenters. The number of likely N-dealkylation sites (tertiary alicyclic amines) is 1. The van der Waals surface area contributed by atoms with Crippen molar-refractivity contribution in [2.75, 3.05) is 6.54 Å². The molecule has 1 aliphatic rings. The van der Waals surface area contributed by atoms with Gasteiger partial charge in [0.2, 0.25) is 5.91 Å². The van der Waals surface area contributed by atoms with E-state index >= 15 is 0 Å². The third-order valence-electron chi connectivity index (χ3n) is 5.39. The average Bonchev–Trinajstić information content (AvgIpc) is 3.28. The molecular formula is C21H22N2O4S. The summed E-state index contributed by atoms with van der Waals surface area (Å²) in [6.45, 7) is 4.56. The number of aromatic hydroxyl groups is 2. The number of fused-ring (bicyclic) bond motifs is 1. The van der Waals surface area contributed by atoms with Crippen LogP contribution in [-0.4, -0.2) is 38.7 Å². The molecule has 1 aromatic heterocycles. The van der Waals surface area contributed by atoms with Gasteiger partial charge in [0.1, 0.15) is 23.4 Å². The third kappa shape index (κ3) is 3.49. The molecule has 1 aliphatic heterocycles. The lowest BCUT2D eigenvalue weighted by molar-refractivity contribution is -0.129. The number of carbonyl (C=O) groups excluding carboxylic acids is 1. The van der Waals surface area contributed by atoms with Crippen LogP contribution in [-0.2, 0) is 4.79 Å². The molecule has 0 spiro atoms. The smallest absolute Gasteiger partial charge is 0.223 e. The second kappa shape index (κ2) is 7.31. The van der Waals surface area contributed by atoms with Gasteiger partial charge >= 0.3 is 0 Å². The fourth-order valence-corrected chi connectivity index (χ4v) is 4.42. The number of carbonyl (C=O) groups is 1. The highest BCUT2D eigenvalue weighted by Gasteiger charge is 2.37. The Morgan fingerprint density at radius 1 is 1.18 bits per heavy atom. The Kier molecular flexibility index (Phi) is 4.85. The van der Waals surface area contributed by atoms with Crippen LogP contribution >= 0.6 is 11.3 Å². The van der Waals surface area contributed by atoms with E-state index in [0.717, 1.165) is 10.3 Å². The molecule has 0 radical (unpaired) electrons. The van der Waals surface area contributed by atoms with Gasteiger partial charge < -0.3 is 19.8 Å². The normalized spacial score (nSPS) is 19.1. The van der Waals surface area contributed by atoms with E-state index in [0.29, 0.717) is 24.2 Å². The first kappa shape index (κ1) is 18.6. The maximum absolute atomic E-state index is 12.6. The van der Waals surface area contributed by atoms with Crippen molar-refractivity contribution >= 4 is 27.5 Å². The highest BCUT2D eigenvalue weighted by atomic mass is 32.1. The van der Waals surface area contributed by atoms with E-state index in [-0.39, 0.29) is 35.5 Å². The van der Waals surface area contributed by atoms with Gasteiger partial charge in [-0.05, 0) is 31.5 Å². The zero-order valence-corrected chi connectivity index (χ0v) is 16.5. The van der Waals surface area contributed by atoms with Gasteiger partial charge in [-0.15, -0.1) is 11.3 Å². The number of phenols is 2. The number of hydrogen-bond acceptors (Lipinski definition) is 6. The average molecular weight is 398 g/mol. The summed E-state index contributed by atoms with van der Waals surface area (Å²) in [5, 5.41) is 19.4. The molecule has 0 bridgehead atoms. The summed E-state index contributed by atoms with van der Waals surface area (Å²) in [6, 6.07) is 10.1. The molecule has 2 aromatic carbocycles. The van der Waals surface area contributed by atoms with Crippen molar-refractivity contribution in [3.05, 3.63) is 47.5 Å². The predicted octanol–water partition coefficient (Wildman–Crippen LogP) is 4.08. The van der Waals surface area contributed by atoms with E-state index in [1.165, 1.54) is 11.3 Å². The Balaban J connectivity index is 1.48. The first-order valence-corrected chi connectivity index (χ1v) is 10.1. The number of benzene rings is 2. The second-order valence-electron chi connectivity index (χ2n) is 7.25. The molecule has 28 heavy (non-hydrogen) atoms. The van der Waals surface area contributed by atoms with E-state index in [1.54, 1.807) is 29.8 Å². The Morgan fingerprint density at radius 3 is 2.68 bits per heavy atom. The monoisotopic (exact) mass is 398 g/mol. The summed E-state index contributed by atoms with van der Waals surface area (Å²) < 4.78 is 7.04. The fraction of sp³-hybridized carbons (Fsp3) is 0.333. The maximum Gasteiger partial charge on any atom is 0.223 e. The van der Waals surface area contributed by atoms with Crippen LogP contribution in [0.25, 0.3) is 10.2 Å². The van der Waals surface area contributed by atoms with E-state index in [4.69, 9.17) is 4.74 Å². The van der Waals surface area contributed by atoms with Crippen LogP contribution in [0.4, 0.5) is 0 Å². The summed E-state index contributed by atoms with van der Waals surface area (Å²) in [5.41, 5.74) is 3.42. The molecule has 3 aromatic rings. The van der Waals surface area contributed by atoms with Gasteiger partial charge in [0.05, 0.1) is 21.8 Å². The van der Waals surface area contributed by atoms with Crippen LogP contribution < -0.4 is 4.74 Å². The summed E-state index contributed by atoms with van der Waals surface area (Å²) in [4.78, 5) is 18.7. The minimum absolute atomic E-state index is 0.0531. The number of ether oxygens (including phenoxy) is 1. The van der Waals surface area contributed by atoms with Crippen LogP contribution in [0.15, 0.2) is 41.9 Å². The van der Waals surface area contributed by atoms with Crippen molar-refractivity contribution < 1.29 is 19.7 Å². The first-order valence-electron chi connectivity index (χ1n) is 9.23. The quantitative estimate of drug-likeness (QED) is 0.677. The Bertz CT molecular complexity index is 1000. The van der Waals surface area contributed by atoms with Crippen molar-refractivity contribution in [2.45, 2.75) is 32.4 Å². The van der Waals surface area contributed by atoms with Crippen LogP contribution in [0.1, 0.15) is 31.9 Å². The molecule has 0 saturated carbocycles. The van der Waals surface area contributed by atoms with Crippen LogP contribution in [0.5, 0.6) is 17.2 Å². The van der Waals surface area contributed by atoms with Gasteiger partial charge in [0.15, 0.2) is 0 Å². The Labute approximate surface area is 167 Å². The molecule has 146 valence electrons. The van der Waals surface area contributed by atoms with Crippen LogP contribution in [0, 0.1) is 5.92 Å². The lowest BCUT2D eigenvalue weighted by Gasteiger charge is -2.26. The number of nitrogens with zero attached hydrogens (tertiary/aromatic N) is 2. The standard InChI is InChI=1S/C21H22N2O4S/c1-12(14-3-5-16(24)6-4-14)23-10-15(7-20(23)26)13(2)27-19-9-17(25)8-18-21(19)28-11-22-18/h3-6,8-9,11-13,15,24-25H,7,10H2,1-2H3/t12-,13-,15?/m1/s1. The van der Waals surface area contributed by atoms with Crippen LogP contribution in [0.3, 0.4) is 0 Å². The number of hydrogen-bond donors (Lipinski definition) is 2. The Hall–Kier alpha value is -2.80.